The fraction of sp³-hybridized carbons (Fsp3) is 0. The molecule has 3 aromatic carbocycles. The standard InChI is InChI=1S/C20H14S/c1-2-6-15(7-3-1)10-13-18-14-17-12-11-16-8-4-5-9-19(16)20(17)21-18/h1-14H. The van der Waals surface area contributed by atoms with Crippen molar-refractivity contribution in [3.63, 3.8) is 0 Å². The van der Waals surface area contributed by atoms with Crippen LogP contribution in [0, 0.1) is 0 Å². The first-order valence-electron chi connectivity index (χ1n) is 7.04. The van der Waals surface area contributed by atoms with Crippen LogP contribution in [0.15, 0.2) is 72.8 Å². The third-order valence-electron chi connectivity index (χ3n) is 3.67. The van der Waals surface area contributed by atoms with Gasteiger partial charge in [0.1, 0.15) is 0 Å². The zero-order valence-electron chi connectivity index (χ0n) is 11.5. The van der Waals surface area contributed by atoms with Crippen molar-refractivity contribution in [1.82, 2.24) is 0 Å². The van der Waals surface area contributed by atoms with Crippen LogP contribution < -0.4 is 0 Å². The van der Waals surface area contributed by atoms with Crippen molar-refractivity contribution in [2.75, 3.05) is 0 Å². The highest BCUT2D eigenvalue weighted by atomic mass is 32.1. The molecule has 0 atom stereocenters. The summed E-state index contributed by atoms with van der Waals surface area (Å²) in [5.74, 6) is 0. The Morgan fingerprint density at radius 3 is 2.33 bits per heavy atom. The van der Waals surface area contributed by atoms with Crippen LogP contribution in [0.25, 0.3) is 33.0 Å². The van der Waals surface area contributed by atoms with Gasteiger partial charge in [0, 0.05) is 9.58 Å². The van der Waals surface area contributed by atoms with Gasteiger partial charge in [-0.05, 0) is 33.9 Å². The Morgan fingerprint density at radius 1 is 0.667 bits per heavy atom. The van der Waals surface area contributed by atoms with Crippen molar-refractivity contribution in [3.8, 4) is 0 Å². The fourth-order valence-electron chi connectivity index (χ4n) is 2.61. The van der Waals surface area contributed by atoms with Crippen LogP contribution in [0.4, 0.5) is 0 Å². The predicted octanol–water partition coefficient (Wildman–Crippen LogP) is 6.22. The Hall–Kier alpha value is -2.38. The predicted molar refractivity (Wildman–Crippen MR) is 94.7 cm³/mol. The molecule has 0 radical (unpaired) electrons. The molecule has 0 aliphatic rings. The Balaban J connectivity index is 1.80. The molecular weight excluding hydrogens is 272 g/mol. The molecule has 0 aliphatic carbocycles. The van der Waals surface area contributed by atoms with E-state index in [-0.39, 0.29) is 0 Å². The molecule has 4 aromatic rings. The minimum atomic E-state index is 1.24. The number of hydrogen-bond acceptors (Lipinski definition) is 1. The fourth-order valence-corrected chi connectivity index (χ4v) is 3.71. The second kappa shape index (κ2) is 5.19. The highest BCUT2D eigenvalue weighted by Crippen LogP contribution is 2.33. The first-order valence-corrected chi connectivity index (χ1v) is 7.86. The van der Waals surface area contributed by atoms with E-state index in [2.05, 4.69) is 78.9 Å². The molecule has 1 aromatic heterocycles. The molecule has 0 N–H and O–H groups in total. The Morgan fingerprint density at radius 2 is 1.43 bits per heavy atom. The summed E-state index contributed by atoms with van der Waals surface area (Å²) in [6, 6.07) is 25.7. The zero-order valence-corrected chi connectivity index (χ0v) is 12.3. The van der Waals surface area contributed by atoms with Crippen molar-refractivity contribution in [2.45, 2.75) is 0 Å². The van der Waals surface area contributed by atoms with Gasteiger partial charge in [-0.2, -0.15) is 0 Å². The number of hydrogen-bond donors (Lipinski definition) is 0. The maximum absolute atomic E-state index is 2.27. The van der Waals surface area contributed by atoms with Gasteiger partial charge >= 0.3 is 0 Å². The lowest BCUT2D eigenvalue weighted by molar-refractivity contribution is 1.67. The van der Waals surface area contributed by atoms with E-state index in [4.69, 9.17) is 0 Å². The van der Waals surface area contributed by atoms with Crippen LogP contribution in [-0.4, -0.2) is 0 Å². The van der Waals surface area contributed by atoms with Gasteiger partial charge in [0.15, 0.2) is 0 Å². The largest absolute Gasteiger partial charge is 0.135 e. The zero-order chi connectivity index (χ0) is 14.1. The van der Waals surface area contributed by atoms with E-state index in [9.17, 15) is 0 Å². The van der Waals surface area contributed by atoms with Crippen molar-refractivity contribution in [2.24, 2.45) is 0 Å². The van der Waals surface area contributed by atoms with Gasteiger partial charge in [-0.15, -0.1) is 11.3 Å². The minimum absolute atomic E-state index is 1.24. The van der Waals surface area contributed by atoms with Crippen molar-refractivity contribution < 1.29 is 0 Å². The Kier molecular flexibility index (Phi) is 3.06. The van der Waals surface area contributed by atoms with Gasteiger partial charge < -0.3 is 0 Å². The SMILES string of the molecule is C(=Cc1cc2ccc3ccccc3c2s1)c1ccccc1. The molecular formula is C20H14S. The van der Waals surface area contributed by atoms with Crippen LogP contribution >= 0.6 is 11.3 Å². The molecule has 0 aliphatic heterocycles. The van der Waals surface area contributed by atoms with E-state index in [1.165, 1.54) is 31.3 Å². The van der Waals surface area contributed by atoms with E-state index in [1.807, 2.05) is 17.4 Å². The molecule has 1 heteroatoms. The van der Waals surface area contributed by atoms with Crippen LogP contribution in [-0.2, 0) is 0 Å². The molecule has 100 valence electrons. The molecule has 0 bridgehead atoms. The highest BCUT2D eigenvalue weighted by Gasteiger charge is 2.03. The molecule has 0 saturated carbocycles. The van der Waals surface area contributed by atoms with Gasteiger partial charge in [-0.25, -0.2) is 0 Å². The van der Waals surface area contributed by atoms with Gasteiger partial charge in [-0.1, -0.05) is 72.8 Å². The average molecular weight is 286 g/mol. The summed E-state index contributed by atoms with van der Waals surface area (Å²) in [6.07, 6.45) is 4.38. The second-order valence-electron chi connectivity index (χ2n) is 5.10. The Labute approximate surface area is 128 Å². The molecule has 0 saturated heterocycles. The van der Waals surface area contributed by atoms with Crippen LogP contribution in [0.5, 0.6) is 0 Å². The smallest absolute Gasteiger partial charge is 0.0427 e. The molecule has 21 heavy (non-hydrogen) atoms. The van der Waals surface area contributed by atoms with Crippen LogP contribution in [0.2, 0.25) is 0 Å². The lowest BCUT2D eigenvalue weighted by Crippen LogP contribution is -1.70. The number of rotatable bonds is 2. The topological polar surface area (TPSA) is 0 Å². The molecule has 0 nitrogen and oxygen atoms in total. The van der Waals surface area contributed by atoms with Gasteiger partial charge in [0.25, 0.3) is 0 Å². The van der Waals surface area contributed by atoms with Gasteiger partial charge in [0.05, 0.1) is 0 Å². The lowest BCUT2D eigenvalue weighted by Gasteiger charge is -1.97. The number of thiophene rings is 1. The molecule has 0 spiro atoms. The van der Waals surface area contributed by atoms with E-state index in [1.54, 1.807) is 0 Å². The minimum Gasteiger partial charge on any atom is -0.135 e. The van der Waals surface area contributed by atoms with E-state index in [0.29, 0.717) is 0 Å². The van der Waals surface area contributed by atoms with Crippen molar-refractivity contribution >= 4 is 44.3 Å². The van der Waals surface area contributed by atoms with Crippen molar-refractivity contribution in [1.29, 1.82) is 0 Å². The summed E-state index contributed by atoms with van der Waals surface area (Å²) in [4.78, 5) is 1.30. The molecule has 4 rings (SSSR count). The maximum atomic E-state index is 2.27. The summed E-state index contributed by atoms with van der Waals surface area (Å²) < 4.78 is 1.38. The van der Waals surface area contributed by atoms with E-state index >= 15 is 0 Å². The number of fused-ring (bicyclic) bond motifs is 3. The van der Waals surface area contributed by atoms with Crippen molar-refractivity contribution in [3.05, 3.63) is 83.2 Å². The maximum Gasteiger partial charge on any atom is 0.0427 e. The molecule has 0 amide bonds. The molecule has 0 unspecified atom stereocenters. The third-order valence-corrected chi connectivity index (χ3v) is 4.82. The van der Waals surface area contributed by atoms with Gasteiger partial charge in [0.2, 0.25) is 0 Å². The summed E-state index contributed by atoms with van der Waals surface area (Å²) in [5, 5.41) is 3.98. The molecule has 1 heterocycles. The second-order valence-corrected chi connectivity index (χ2v) is 6.18. The summed E-state index contributed by atoms with van der Waals surface area (Å²) in [6.45, 7) is 0. The van der Waals surface area contributed by atoms with Gasteiger partial charge in [-0.3, -0.25) is 0 Å². The summed E-state index contributed by atoms with van der Waals surface area (Å²) in [5.41, 5.74) is 1.24. The highest BCUT2D eigenvalue weighted by molar-refractivity contribution is 7.20. The summed E-state index contributed by atoms with van der Waals surface area (Å²) in [7, 11) is 0. The molecule has 0 fully saturated rings. The van der Waals surface area contributed by atoms with Crippen LogP contribution in [0.3, 0.4) is 0 Å². The third kappa shape index (κ3) is 2.37. The average Bonchev–Trinajstić information content (AvgIpc) is 2.97. The monoisotopic (exact) mass is 286 g/mol. The lowest BCUT2D eigenvalue weighted by atomic mass is 10.1. The number of benzene rings is 3. The normalized spacial score (nSPS) is 11.6. The van der Waals surface area contributed by atoms with E-state index < -0.39 is 0 Å². The van der Waals surface area contributed by atoms with Crippen LogP contribution in [0.1, 0.15) is 10.4 Å². The first-order chi connectivity index (χ1) is 10.4. The Bertz CT molecular complexity index is 930. The van der Waals surface area contributed by atoms with E-state index in [0.717, 1.165) is 0 Å². The first kappa shape index (κ1) is 12.4. The summed E-state index contributed by atoms with van der Waals surface area (Å²) >= 11 is 1.86. The quantitative estimate of drug-likeness (QED) is 0.410.